The summed E-state index contributed by atoms with van der Waals surface area (Å²) in [6, 6.07) is 13.2. The summed E-state index contributed by atoms with van der Waals surface area (Å²) in [7, 11) is 4.06. The monoisotopic (exact) mass is 474 g/mol. The first kappa shape index (κ1) is 28.1. The van der Waals surface area contributed by atoms with Crippen molar-refractivity contribution < 1.29 is 24.8 Å². The van der Waals surface area contributed by atoms with Gasteiger partial charge < -0.3 is 35.0 Å². The van der Waals surface area contributed by atoms with Gasteiger partial charge in [0.2, 0.25) is 0 Å². The Bertz CT molecular complexity index is 828. The molecule has 0 aliphatic heterocycles. The van der Waals surface area contributed by atoms with Gasteiger partial charge in [0.15, 0.2) is 0 Å². The van der Waals surface area contributed by atoms with Gasteiger partial charge in [-0.3, -0.25) is 0 Å². The molecule has 0 amide bonds. The first-order valence-electron chi connectivity index (χ1n) is 12.2. The topological polar surface area (TPSA) is 94.4 Å². The average Bonchev–Trinajstić information content (AvgIpc) is 2.82. The fourth-order valence-corrected chi connectivity index (χ4v) is 3.61. The highest BCUT2D eigenvalue weighted by atomic mass is 16.5. The molecule has 0 aromatic heterocycles. The maximum Gasteiger partial charge on any atom is 0.121 e. The van der Waals surface area contributed by atoms with Crippen LogP contribution in [0.3, 0.4) is 0 Å². The highest BCUT2D eigenvalue weighted by Crippen LogP contribution is 2.27. The number of anilines is 1. The maximum atomic E-state index is 10.3. The molecule has 0 aliphatic rings. The molecular formula is C27H42N2O5. The van der Waals surface area contributed by atoms with Crippen molar-refractivity contribution in [3.8, 4) is 5.75 Å². The van der Waals surface area contributed by atoms with Crippen molar-refractivity contribution in [2.45, 2.75) is 51.4 Å². The summed E-state index contributed by atoms with van der Waals surface area (Å²) in [5.74, 6) is 0.0429. The summed E-state index contributed by atoms with van der Waals surface area (Å²) in [6.45, 7) is 5.42. The van der Waals surface area contributed by atoms with E-state index < -0.39 is 12.2 Å². The summed E-state index contributed by atoms with van der Waals surface area (Å²) < 4.78 is 11.4. The first-order valence-corrected chi connectivity index (χ1v) is 12.2. The van der Waals surface area contributed by atoms with Crippen LogP contribution in [-0.2, 0) is 16.1 Å². The van der Waals surface area contributed by atoms with E-state index >= 15 is 0 Å². The standard InChI is InChI=1S/C27H42N2O5/c1-21(30)25-18-23(11-12-26(25)31)27(32)19-28-13-6-4-5-7-14-33-15-16-34-20-22-9-8-10-24(17-22)29(2)3/h8-12,17-18,21,27-28,30-32H,4-7,13-16,19-20H2,1-3H3/t21?,27-/m0/s1. The molecular weight excluding hydrogens is 432 g/mol. The maximum absolute atomic E-state index is 10.3. The Morgan fingerprint density at radius 1 is 0.912 bits per heavy atom. The lowest BCUT2D eigenvalue weighted by molar-refractivity contribution is 0.0393. The van der Waals surface area contributed by atoms with Gasteiger partial charge in [0.1, 0.15) is 5.75 Å². The van der Waals surface area contributed by atoms with Gasteiger partial charge in [-0.05, 0) is 61.7 Å². The van der Waals surface area contributed by atoms with Crippen LogP contribution in [0.5, 0.6) is 5.75 Å². The summed E-state index contributed by atoms with van der Waals surface area (Å²) in [5, 5.41) is 33.1. The van der Waals surface area contributed by atoms with Crippen LogP contribution in [0.4, 0.5) is 5.69 Å². The van der Waals surface area contributed by atoms with E-state index in [1.165, 1.54) is 17.3 Å². The summed E-state index contributed by atoms with van der Waals surface area (Å²) >= 11 is 0. The van der Waals surface area contributed by atoms with Crippen LogP contribution in [0.2, 0.25) is 0 Å². The minimum atomic E-state index is -0.775. The molecule has 2 aromatic rings. The second-order valence-corrected chi connectivity index (χ2v) is 8.86. The van der Waals surface area contributed by atoms with Gasteiger partial charge in [-0.25, -0.2) is 0 Å². The third-order valence-corrected chi connectivity index (χ3v) is 5.68. The number of aromatic hydroxyl groups is 1. The largest absolute Gasteiger partial charge is 0.508 e. The molecule has 0 saturated carbocycles. The predicted molar refractivity (Wildman–Crippen MR) is 136 cm³/mol. The van der Waals surface area contributed by atoms with Crippen LogP contribution in [0.1, 0.15) is 61.5 Å². The normalized spacial score (nSPS) is 13.1. The fraction of sp³-hybridized carbons (Fsp3) is 0.556. The van der Waals surface area contributed by atoms with Crippen molar-refractivity contribution in [2.75, 3.05) is 51.9 Å². The number of unbranched alkanes of at least 4 members (excludes halogenated alkanes) is 3. The Kier molecular flexibility index (Phi) is 13.0. The molecule has 2 atom stereocenters. The Morgan fingerprint density at radius 2 is 1.68 bits per heavy atom. The van der Waals surface area contributed by atoms with Crippen LogP contribution < -0.4 is 10.2 Å². The van der Waals surface area contributed by atoms with Gasteiger partial charge in [-0.1, -0.05) is 31.0 Å². The average molecular weight is 475 g/mol. The number of phenols is 1. The van der Waals surface area contributed by atoms with Gasteiger partial charge >= 0.3 is 0 Å². The second kappa shape index (κ2) is 15.7. The summed E-state index contributed by atoms with van der Waals surface area (Å²) in [4.78, 5) is 2.08. The Labute approximate surface area is 204 Å². The van der Waals surface area contributed by atoms with Crippen molar-refractivity contribution in [3.63, 3.8) is 0 Å². The molecule has 0 saturated heterocycles. The highest BCUT2D eigenvalue weighted by molar-refractivity contribution is 5.46. The lowest BCUT2D eigenvalue weighted by Crippen LogP contribution is -2.22. The molecule has 0 radical (unpaired) electrons. The van der Waals surface area contributed by atoms with Gasteiger partial charge in [-0.15, -0.1) is 0 Å². The molecule has 34 heavy (non-hydrogen) atoms. The van der Waals surface area contributed by atoms with Gasteiger partial charge in [-0.2, -0.15) is 0 Å². The van der Waals surface area contributed by atoms with E-state index in [-0.39, 0.29) is 5.75 Å². The molecule has 7 heteroatoms. The molecule has 0 aliphatic carbocycles. The Balaban J connectivity index is 1.43. The van der Waals surface area contributed by atoms with E-state index in [1.807, 2.05) is 20.2 Å². The van der Waals surface area contributed by atoms with Crippen molar-refractivity contribution in [1.29, 1.82) is 0 Å². The zero-order valence-electron chi connectivity index (χ0n) is 20.9. The van der Waals surface area contributed by atoms with Crippen molar-refractivity contribution >= 4 is 5.69 Å². The van der Waals surface area contributed by atoms with Crippen LogP contribution >= 0.6 is 0 Å². The third-order valence-electron chi connectivity index (χ3n) is 5.68. The van der Waals surface area contributed by atoms with Gasteiger partial charge in [0.05, 0.1) is 32.0 Å². The quantitative estimate of drug-likeness (QED) is 0.258. The SMILES string of the molecule is CC(O)c1cc([C@@H](O)CNCCCCCCOCCOCc2cccc(N(C)C)c2)ccc1O. The minimum Gasteiger partial charge on any atom is -0.508 e. The van der Waals surface area contributed by atoms with E-state index in [4.69, 9.17) is 9.47 Å². The smallest absolute Gasteiger partial charge is 0.121 e. The van der Waals surface area contributed by atoms with E-state index in [9.17, 15) is 15.3 Å². The lowest BCUT2D eigenvalue weighted by Gasteiger charge is -2.15. The van der Waals surface area contributed by atoms with Crippen LogP contribution in [-0.4, -0.2) is 62.3 Å². The van der Waals surface area contributed by atoms with Crippen molar-refractivity contribution in [1.82, 2.24) is 5.32 Å². The van der Waals surface area contributed by atoms with E-state index in [1.54, 1.807) is 19.1 Å². The number of ether oxygens (including phenoxy) is 2. The number of hydrogen-bond acceptors (Lipinski definition) is 7. The molecule has 190 valence electrons. The number of aliphatic hydroxyl groups excluding tert-OH is 2. The number of nitrogens with zero attached hydrogens (tertiary/aromatic N) is 1. The third kappa shape index (κ3) is 10.4. The number of phenolic OH excluding ortho intramolecular Hbond substituents is 1. The van der Waals surface area contributed by atoms with E-state index in [0.717, 1.165) is 38.8 Å². The van der Waals surface area contributed by atoms with E-state index in [2.05, 4.69) is 28.4 Å². The molecule has 2 aromatic carbocycles. The zero-order chi connectivity index (χ0) is 24.8. The molecule has 2 rings (SSSR count). The molecule has 4 N–H and O–H groups in total. The number of aliphatic hydroxyl groups is 2. The fourth-order valence-electron chi connectivity index (χ4n) is 3.61. The van der Waals surface area contributed by atoms with Gasteiger partial charge in [0.25, 0.3) is 0 Å². The molecule has 0 fully saturated rings. The first-order chi connectivity index (χ1) is 16.4. The highest BCUT2D eigenvalue weighted by Gasteiger charge is 2.13. The van der Waals surface area contributed by atoms with E-state index in [0.29, 0.717) is 37.5 Å². The summed E-state index contributed by atoms with van der Waals surface area (Å²) in [6.07, 6.45) is 2.84. The number of nitrogens with one attached hydrogen (secondary N) is 1. The second-order valence-electron chi connectivity index (χ2n) is 8.86. The van der Waals surface area contributed by atoms with Crippen molar-refractivity contribution in [3.05, 3.63) is 59.2 Å². The Hall–Kier alpha value is -2.16. The minimum absolute atomic E-state index is 0.0429. The summed E-state index contributed by atoms with van der Waals surface area (Å²) in [5.41, 5.74) is 3.46. The zero-order valence-corrected chi connectivity index (χ0v) is 20.9. The van der Waals surface area contributed by atoms with Gasteiger partial charge in [0, 0.05) is 38.5 Å². The molecule has 0 bridgehead atoms. The molecule has 7 nitrogen and oxygen atoms in total. The molecule has 1 unspecified atom stereocenters. The van der Waals surface area contributed by atoms with Crippen LogP contribution in [0, 0.1) is 0 Å². The number of hydrogen-bond donors (Lipinski definition) is 4. The molecule has 0 spiro atoms. The lowest BCUT2D eigenvalue weighted by atomic mass is 10.0. The van der Waals surface area contributed by atoms with Crippen LogP contribution in [0.25, 0.3) is 0 Å². The van der Waals surface area contributed by atoms with Crippen LogP contribution in [0.15, 0.2) is 42.5 Å². The number of rotatable bonds is 17. The predicted octanol–water partition coefficient (Wildman–Crippen LogP) is 3.93. The Morgan fingerprint density at radius 3 is 2.44 bits per heavy atom. The molecule has 0 heterocycles. The number of benzene rings is 2. The van der Waals surface area contributed by atoms with Crippen molar-refractivity contribution in [2.24, 2.45) is 0 Å².